The van der Waals surface area contributed by atoms with Crippen LogP contribution >= 0.6 is 0 Å². The maximum absolute atomic E-state index is 5.35. The Bertz CT molecular complexity index is 625. The quantitative estimate of drug-likeness (QED) is 0.916. The van der Waals surface area contributed by atoms with E-state index < -0.39 is 0 Å². The summed E-state index contributed by atoms with van der Waals surface area (Å²) in [5.74, 6) is 2.22. The molecule has 0 aliphatic carbocycles. The van der Waals surface area contributed by atoms with E-state index in [9.17, 15) is 0 Å². The van der Waals surface area contributed by atoms with Gasteiger partial charge in [0.15, 0.2) is 0 Å². The predicted octanol–water partition coefficient (Wildman–Crippen LogP) is 2.61. The van der Waals surface area contributed by atoms with Gasteiger partial charge in [0, 0.05) is 31.3 Å². The molecule has 1 atom stereocenters. The van der Waals surface area contributed by atoms with Gasteiger partial charge in [-0.2, -0.15) is 0 Å². The molecule has 21 heavy (non-hydrogen) atoms. The van der Waals surface area contributed by atoms with Crippen LogP contribution in [0.15, 0.2) is 53.8 Å². The Morgan fingerprint density at radius 2 is 2.05 bits per heavy atom. The largest absolute Gasteiger partial charge is 0.497 e. The van der Waals surface area contributed by atoms with Crippen molar-refractivity contribution in [2.75, 3.05) is 20.2 Å². The number of nitrogens with zero attached hydrogens (tertiary/aromatic N) is 2. The zero-order valence-corrected chi connectivity index (χ0v) is 12.1. The van der Waals surface area contributed by atoms with E-state index in [1.807, 2.05) is 24.5 Å². The Kier molecular flexibility index (Phi) is 4.15. The van der Waals surface area contributed by atoms with Gasteiger partial charge in [-0.05, 0) is 35.4 Å². The summed E-state index contributed by atoms with van der Waals surface area (Å²) in [7, 11) is 1.70. The molecule has 3 rings (SSSR count). The van der Waals surface area contributed by atoms with Gasteiger partial charge in [0.2, 0.25) is 0 Å². The molecule has 1 aliphatic rings. The second-order valence-electron chi connectivity index (χ2n) is 5.07. The van der Waals surface area contributed by atoms with Gasteiger partial charge in [0.05, 0.1) is 19.5 Å². The number of amidine groups is 1. The molecule has 0 saturated carbocycles. The van der Waals surface area contributed by atoms with Crippen LogP contribution in [0.25, 0.3) is 0 Å². The Morgan fingerprint density at radius 3 is 2.76 bits per heavy atom. The van der Waals surface area contributed by atoms with Gasteiger partial charge in [-0.15, -0.1) is 0 Å². The Balaban J connectivity index is 1.94. The molecule has 0 bridgehead atoms. The van der Waals surface area contributed by atoms with Crippen LogP contribution in [0.2, 0.25) is 0 Å². The number of nitrogens with one attached hydrogen (secondary N) is 1. The smallest absolute Gasteiger partial charge is 0.119 e. The average Bonchev–Trinajstić information content (AvgIpc) is 3.07. The van der Waals surface area contributed by atoms with Crippen molar-refractivity contribution in [1.29, 1.82) is 0 Å². The van der Waals surface area contributed by atoms with Crippen molar-refractivity contribution in [3.05, 3.63) is 59.9 Å². The minimum Gasteiger partial charge on any atom is -0.497 e. The van der Waals surface area contributed by atoms with E-state index in [4.69, 9.17) is 4.74 Å². The minimum absolute atomic E-state index is 0.257. The highest BCUT2D eigenvalue weighted by Gasteiger charge is 2.19. The third-order valence-electron chi connectivity index (χ3n) is 3.75. The maximum atomic E-state index is 5.35. The number of ether oxygens (including phenoxy) is 1. The van der Waals surface area contributed by atoms with Crippen LogP contribution in [0.5, 0.6) is 5.75 Å². The molecule has 1 aromatic heterocycles. The first kappa shape index (κ1) is 13.6. The van der Waals surface area contributed by atoms with E-state index in [0.29, 0.717) is 0 Å². The molecule has 0 saturated heterocycles. The summed E-state index contributed by atoms with van der Waals surface area (Å²) in [5.41, 5.74) is 2.48. The Hall–Kier alpha value is -2.36. The number of hydrogen-bond donors (Lipinski definition) is 1. The summed E-state index contributed by atoms with van der Waals surface area (Å²) >= 11 is 0. The monoisotopic (exact) mass is 281 g/mol. The number of rotatable bonds is 5. The van der Waals surface area contributed by atoms with Crippen LogP contribution < -0.4 is 10.1 Å². The van der Waals surface area contributed by atoms with Gasteiger partial charge in [0.25, 0.3) is 0 Å². The zero-order chi connectivity index (χ0) is 14.5. The molecule has 4 nitrogen and oxygen atoms in total. The van der Waals surface area contributed by atoms with Crippen LogP contribution in [-0.2, 0) is 0 Å². The fraction of sp³-hybridized carbons (Fsp3) is 0.294. The molecule has 2 heterocycles. The van der Waals surface area contributed by atoms with E-state index >= 15 is 0 Å². The molecular weight excluding hydrogens is 262 g/mol. The SMILES string of the molecule is COc1cccc(C(CC2=NCCN2)c2ccncc2)c1. The lowest BCUT2D eigenvalue weighted by Crippen LogP contribution is -2.21. The van der Waals surface area contributed by atoms with Crippen LogP contribution in [-0.4, -0.2) is 31.0 Å². The highest BCUT2D eigenvalue weighted by molar-refractivity contribution is 5.84. The first-order chi connectivity index (χ1) is 10.4. The summed E-state index contributed by atoms with van der Waals surface area (Å²) in [6, 6.07) is 12.4. The highest BCUT2D eigenvalue weighted by Crippen LogP contribution is 2.30. The average molecular weight is 281 g/mol. The van der Waals surface area contributed by atoms with Crippen molar-refractivity contribution in [1.82, 2.24) is 10.3 Å². The van der Waals surface area contributed by atoms with Crippen LogP contribution in [0, 0.1) is 0 Å². The first-order valence-corrected chi connectivity index (χ1v) is 7.18. The molecule has 108 valence electrons. The second kappa shape index (κ2) is 6.39. The molecule has 0 radical (unpaired) electrons. The molecule has 1 aliphatic heterocycles. The van der Waals surface area contributed by atoms with E-state index in [1.165, 1.54) is 11.1 Å². The molecule has 0 spiro atoms. The van der Waals surface area contributed by atoms with Gasteiger partial charge in [-0.25, -0.2) is 0 Å². The van der Waals surface area contributed by atoms with Gasteiger partial charge in [-0.3, -0.25) is 9.98 Å². The molecule has 1 N–H and O–H groups in total. The zero-order valence-electron chi connectivity index (χ0n) is 12.1. The third kappa shape index (κ3) is 3.21. The minimum atomic E-state index is 0.257. The van der Waals surface area contributed by atoms with Crippen LogP contribution in [0.3, 0.4) is 0 Å². The molecular formula is C17H19N3O. The number of hydrogen-bond acceptors (Lipinski definition) is 4. The summed E-state index contributed by atoms with van der Waals surface area (Å²) < 4.78 is 5.35. The molecule has 1 aromatic carbocycles. The molecule has 2 aromatic rings. The maximum Gasteiger partial charge on any atom is 0.119 e. The molecule has 0 amide bonds. The van der Waals surface area contributed by atoms with E-state index in [2.05, 4.69) is 39.6 Å². The summed E-state index contributed by atoms with van der Waals surface area (Å²) in [5, 5.41) is 3.36. The predicted molar refractivity (Wildman–Crippen MR) is 84.0 cm³/mol. The van der Waals surface area contributed by atoms with Crippen LogP contribution in [0.4, 0.5) is 0 Å². The van der Waals surface area contributed by atoms with Crippen molar-refractivity contribution in [3.63, 3.8) is 0 Å². The number of benzene rings is 1. The number of methoxy groups -OCH3 is 1. The lowest BCUT2D eigenvalue weighted by atomic mass is 9.88. The van der Waals surface area contributed by atoms with Crippen molar-refractivity contribution in [3.8, 4) is 5.75 Å². The standard InChI is InChI=1S/C17H19N3O/c1-21-15-4-2-3-14(11-15)16(12-17-19-9-10-20-17)13-5-7-18-8-6-13/h2-8,11,16H,9-10,12H2,1H3,(H,19,20). The number of aliphatic imine (C=N–C) groups is 1. The van der Waals surface area contributed by atoms with E-state index in [1.54, 1.807) is 7.11 Å². The topological polar surface area (TPSA) is 46.5 Å². The lowest BCUT2D eigenvalue weighted by Gasteiger charge is -2.19. The van der Waals surface area contributed by atoms with Gasteiger partial charge in [-0.1, -0.05) is 12.1 Å². The highest BCUT2D eigenvalue weighted by atomic mass is 16.5. The first-order valence-electron chi connectivity index (χ1n) is 7.18. The Labute approximate surface area is 124 Å². The molecule has 0 fully saturated rings. The summed E-state index contributed by atoms with van der Waals surface area (Å²) in [6.07, 6.45) is 4.55. The number of aromatic nitrogens is 1. The molecule has 4 heteroatoms. The van der Waals surface area contributed by atoms with Crippen molar-refractivity contribution >= 4 is 5.84 Å². The van der Waals surface area contributed by atoms with Crippen molar-refractivity contribution < 1.29 is 4.74 Å². The summed E-state index contributed by atoms with van der Waals surface area (Å²) in [6.45, 7) is 1.81. The van der Waals surface area contributed by atoms with Gasteiger partial charge in [0.1, 0.15) is 5.75 Å². The van der Waals surface area contributed by atoms with Gasteiger partial charge >= 0.3 is 0 Å². The number of pyridine rings is 1. The normalized spacial score (nSPS) is 15.2. The second-order valence-corrected chi connectivity index (χ2v) is 5.07. The Morgan fingerprint density at radius 1 is 1.19 bits per heavy atom. The fourth-order valence-electron chi connectivity index (χ4n) is 2.66. The summed E-state index contributed by atoms with van der Waals surface area (Å²) in [4.78, 5) is 8.64. The van der Waals surface area contributed by atoms with E-state index in [-0.39, 0.29) is 5.92 Å². The van der Waals surface area contributed by atoms with Crippen molar-refractivity contribution in [2.24, 2.45) is 4.99 Å². The van der Waals surface area contributed by atoms with Crippen LogP contribution in [0.1, 0.15) is 23.5 Å². The van der Waals surface area contributed by atoms with Gasteiger partial charge < -0.3 is 10.1 Å². The lowest BCUT2D eigenvalue weighted by molar-refractivity contribution is 0.414. The third-order valence-corrected chi connectivity index (χ3v) is 3.75. The van der Waals surface area contributed by atoms with E-state index in [0.717, 1.165) is 31.1 Å². The van der Waals surface area contributed by atoms with Crippen molar-refractivity contribution in [2.45, 2.75) is 12.3 Å². The molecule has 1 unspecified atom stereocenters. The fourth-order valence-corrected chi connectivity index (χ4v) is 2.66.